The predicted octanol–water partition coefficient (Wildman–Crippen LogP) is 2.67. The van der Waals surface area contributed by atoms with Crippen LogP contribution in [0.1, 0.15) is 49.4 Å². The lowest BCUT2D eigenvalue weighted by molar-refractivity contribution is 0.0922. The lowest BCUT2D eigenvalue weighted by atomic mass is 9.84. The summed E-state index contributed by atoms with van der Waals surface area (Å²) in [6.45, 7) is 2.24. The number of carbonyl (C=O) groups is 1. The molecule has 1 aromatic rings. The van der Waals surface area contributed by atoms with Crippen molar-refractivity contribution in [1.82, 2.24) is 5.32 Å². The van der Waals surface area contributed by atoms with Crippen LogP contribution in [0.5, 0.6) is 0 Å². The van der Waals surface area contributed by atoms with E-state index < -0.39 is 0 Å². The summed E-state index contributed by atoms with van der Waals surface area (Å²) in [6.07, 6.45) is 5.86. The number of hydrogen-bond donors (Lipinski definition) is 3. The third-order valence-electron chi connectivity index (χ3n) is 4.09. The maximum atomic E-state index is 12.2. The number of nitrogens with one attached hydrogen (secondary N) is 2. The van der Waals surface area contributed by atoms with Gasteiger partial charge in [-0.1, -0.05) is 25.5 Å². The monoisotopic (exact) mass is 261 g/mol. The van der Waals surface area contributed by atoms with E-state index in [0.717, 1.165) is 18.8 Å². The largest absolute Gasteiger partial charge is 0.349 e. The van der Waals surface area contributed by atoms with Crippen LogP contribution in [0.4, 0.5) is 5.69 Å². The fourth-order valence-corrected chi connectivity index (χ4v) is 2.79. The summed E-state index contributed by atoms with van der Waals surface area (Å²) in [7, 11) is 0. The van der Waals surface area contributed by atoms with Gasteiger partial charge in [-0.25, -0.2) is 0 Å². The highest BCUT2D eigenvalue weighted by Crippen LogP contribution is 2.26. The van der Waals surface area contributed by atoms with Crippen molar-refractivity contribution in [2.75, 3.05) is 5.43 Å². The Morgan fingerprint density at radius 3 is 2.58 bits per heavy atom. The van der Waals surface area contributed by atoms with E-state index >= 15 is 0 Å². The number of rotatable bonds is 4. The van der Waals surface area contributed by atoms with Gasteiger partial charge in [0, 0.05) is 6.04 Å². The molecular formula is C15H23N3O. The highest BCUT2D eigenvalue weighted by Gasteiger charge is 2.22. The summed E-state index contributed by atoms with van der Waals surface area (Å²) >= 11 is 0. The summed E-state index contributed by atoms with van der Waals surface area (Å²) in [5.41, 5.74) is 3.85. The molecule has 19 heavy (non-hydrogen) atoms. The smallest absolute Gasteiger partial charge is 0.253 e. The molecule has 104 valence electrons. The normalized spacial score (nSPS) is 22.8. The fraction of sp³-hybridized carbons (Fsp3) is 0.533. The molecule has 0 aromatic heterocycles. The Hall–Kier alpha value is -1.55. The van der Waals surface area contributed by atoms with Gasteiger partial charge in [0.05, 0.1) is 11.3 Å². The van der Waals surface area contributed by atoms with Gasteiger partial charge in [0.25, 0.3) is 5.91 Å². The molecule has 1 saturated carbocycles. The van der Waals surface area contributed by atoms with Crippen molar-refractivity contribution >= 4 is 11.6 Å². The van der Waals surface area contributed by atoms with Crippen molar-refractivity contribution in [1.29, 1.82) is 0 Å². The highest BCUT2D eigenvalue weighted by molar-refractivity contribution is 5.99. The van der Waals surface area contributed by atoms with E-state index in [1.54, 1.807) is 6.07 Å². The Morgan fingerprint density at radius 1 is 1.26 bits per heavy atom. The molecule has 0 aliphatic heterocycles. The molecular weight excluding hydrogens is 238 g/mol. The molecule has 0 atom stereocenters. The molecule has 4 nitrogen and oxygen atoms in total. The van der Waals surface area contributed by atoms with Crippen LogP contribution in [-0.4, -0.2) is 11.9 Å². The first-order valence-electron chi connectivity index (χ1n) is 7.11. The Labute approximate surface area is 114 Å². The van der Waals surface area contributed by atoms with Crippen molar-refractivity contribution in [3.8, 4) is 0 Å². The zero-order valence-electron chi connectivity index (χ0n) is 11.5. The van der Waals surface area contributed by atoms with Gasteiger partial charge in [-0.15, -0.1) is 0 Å². The second-order valence-electron chi connectivity index (χ2n) is 5.29. The van der Waals surface area contributed by atoms with E-state index in [4.69, 9.17) is 5.84 Å². The van der Waals surface area contributed by atoms with E-state index in [0.29, 0.717) is 17.3 Å². The second kappa shape index (κ2) is 6.57. The summed E-state index contributed by atoms with van der Waals surface area (Å²) in [6, 6.07) is 7.62. The van der Waals surface area contributed by atoms with Crippen molar-refractivity contribution < 1.29 is 4.79 Å². The summed E-state index contributed by atoms with van der Waals surface area (Å²) in [5.74, 6) is 6.23. The molecule has 1 aromatic carbocycles. The molecule has 0 unspecified atom stereocenters. The van der Waals surface area contributed by atoms with Gasteiger partial charge in [-0.05, 0) is 43.7 Å². The number of nitrogens with two attached hydrogens (primary N) is 1. The van der Waals surface area contributed by atoms with Crippen LogP contribution in [0.15, 0.2) is 24.3 Å². The molecule has 0 radical (unpaired) electrons. The number of hydrazine groups is 1. The number of nitrogen functional groups attached to an aromatic ring is 1. The van der Waals surface area contributed by atoms with Crippen LogP contribution in [-0.2, 0) is 0 Å². The lowest BCUT2D eigenvalue weighted by Crippen LogP contribution is -2.38. The molecule has 1 amide bonds. The zero-order chi connectivity index (χ0) is 13.7. The number of benzene rings is 1. The van der Waals surface area contributed by atoms with Crippen molar-refractivity contribution in [3.63, 3.8) is 0 Å². The molecule has 1 aliphatic carbocycles. The lowest BCUT2D eigenvalue weighted by Gasteiger charge is -2.28. The fourth-order valence-electron chi connectivity index (χ4n) is 2.79. The minimum atomic E-state index is -0.0338. The SMILES string of the molecule is CCC1CCC(NC(=O)c2ccccc2NN)CC1. The molecule has 0 saturated heterocycles. The third-order valence-corrected chi connectivity index (χ3v) is 4.09. The van der Waals surface area contributed by atoms with E-state index in [-0.39, 0.29) is 5.91 Å². The maximum absolute atomic E-state index is 12.2. The van der Waals surface area contributed by atoms with Crippen LogP contribution >= 0.6 is 0 Å². The Morgan fingerprint density at radius 2 is 1.95 bits per heavy atom. The number of para-hydroxylation sites is 1. The first kappa shape index (κ1) is 13.9. The van der Waals surface area contributed by atoms with Crippen LogP contribution in [0, 0.1) is 5.92 Å². The van der Waals surface area contributed by atoms with Gasteiger partial charge in [0.2, 0.25) is 0 Å². The van der Waals surface area contributed by atoms with E-state index in [9.17, 15) is 4.79 Å². The molecule has 0 bridgehead atoms. The number of carbonyl (C=O) groups excluding carboxylic acids is 1. The number of anilines is 1. The standard InChI is InChI=1S/C15H23N3O/c1-2-11-7-9-12(10-8-11)17-15(19)13-5-3-4-6-14(13)18-16/h3-6,11-12,18H,2,7-10,16H2,1H3,(H,17,19). The van der Waals surface area contributed by atoms with E-state index in [1.807, 2.05) is 18.2 Å². The van der Waals surface area contributed by atoms with Gasteiger partial charge in [-0.3, -0.25) is 10.6 Å². The van der Waals surface area contributed by atoms with Crippen molar-refractivity contribution in [3.05, 3.63) is 29.8 Å². The van der Waals surface area contributed by atoms with E-state index in [1.165, 1.54) is 19.3 Å². The predicted molar refractivity (Wildman–Crippen MR) is 77.8 cm³/mol. The average Bonchev–Trinajstić information content (AvgIpc) is 2.48. The minimum Gasteiger partial charge on any atom is -0.349 e. The second-order valence-corrected chi connectivity index (χ2v) is 5.29. The summed E-state index contributed by atoms with van der Waals surface area (Å²) in [5, 5.41) is 3.12. The van der Waals surface area contributed by atoms with E-state index in [2.05, 4.69) is 17.7 Å². The Bertz CT molecular complexity index is 425. The molecule has 2 rings (SSSR count). The van der Waals surface area contributed by atoms with Crippen LogP contribution in [0.2, 0.25) is 0 Å². The average molecular weight is 261 g/mol. The van der Waals surface area contributed by atoms with Crippen molar-refractivity contribution in [2.45, 2.75) is 45.1 Å². The van der Waals surface area contributed by atoms with Crippen LogP contribution < -0.4 is 16.6 Å². The van der Waals surface area contributed by atoms with Gasteiger partial charge in [0.15, 0.2) is 0 Å². The number of amides is 1. The van der Waals surface area contributed by atoms with Gasteiger partial charge < -0.3 is 10.7 Å². The summed E-state index contributed by atoms with van der Waals surface area (Å²) in [4.78, 5) is 12.2. The first-order chi connectivity index (χ1) is 9.24. The number of hydrogen-bond acceptors (Lipinski definition) is 3. The van der Waals surface area contributed by atoms with Crippen LogP contribution in [0.3, 0.4) is 0 Å². The quantitative estimate of drug-likeness (QED) is 0.576. The molecule has 1 aliphatic rings. The summed E-state index contributed by atoms with van der Waals surface area (Å²) < 4.78 is 0. The van der Waals surface area contributed by atoms with Crippen molar-refractivity contribution in [2.24, 2.45) is 11.8 Å². The molecule has 1 fully saturated rings. The van der Waals surface area contributed by atoms with Gasteiger partial charge in [0.1, 0.15) is 0 Å². The van der Waals surface area contributed by atoms with Gasteiger partial charge >= 0.3 is 0 Å². The highest BCUT2D eigenvalue weighted by atomic mass is 16.1. The van der Waals surface area contributed by atoms with Gasteiger partial charge in [-0.2, -0.15) is 0 Å². The molecule has 0 heterocycles. The topological polar surface area (TPSA) is 67.2 Å². The zero-order valence-corrected chi connectivity index (χ0v) is 11.5. The first-order valence-corrected chi connectivity index (χ1v) is 7.11. The Kier molecular flexibility index (Phi) is 4.80. The van der Waals surface area contributed by atoms with Crippen LogP contribution in [0.25, 0.3) is 0 Å². The minimum absolute atomic E-state index is 0.0338. The maximum Gasteiger partial charge on any atom is 0.253 e. The molecule has 4 N–H and O–H groups in total. The molecule has 0 spiro atoms. The Balaban J connectivity index is 1.94. The molecule has 4 heteroatoms. The third kappa shape index (κ3) is 3.47.